The molecule has 0 radical (unpaired) electrons. The molecule has 0 saturated heterocycles. The summed E-state index contributed by atoms with van der Waals surface area (Å²) < 4.78 is 31.4. The van der Waals surface area contributed by atoms with Gasteiger partial charge in [0.25, 0.3) is 0 Å². The number of fused-ring (bicyclic) bond motifs is 3. The van der Waals surface area contributed by atoms with Gasteiger partial charge in [-0.2, -0.15) is 10.1 Å². The van der Waals surface area contributed by atoms with Gasteiger partial charge in [0, 0.05) is 11.3 Å². The Morgan fingerprint density at radius 1 is 1.11 bits per heavy atom. The van der Waals surface area contributed by atoms with E-state index in [0.717, 1.165) is 35.4 Å². The minimum atomic E-state index is -3.52. The number of nitrogens with zero attached hydrogens (tertiary/aromatic N) is 3. The van der Waals surface area contributed by atoms with Gasteiger partial charge < -0.3 is 15.4 Å². The van der Waals surface area contributed by atoms with Crippen LogP contribution in [0.5, 0.6) is 5.75 Å². The minimum absolute atomic E-state index is 0.180. The average molecular weight is 539 g/mol. The van der Waals surface area contributed by atoms with Crippen LogP contribution in [-0.2, 0) is 22.7 Å². The Balaban J connectivity index is 1.48. The van der Waals surface area contributed by atoms with E-state index in [1.165, 1.54) is 11.8 Å². The molecule has 0 bridgehead atoms. The van der Waals surface area contributed by atoms with Gasteiger partial charge in [0.15, 0.2) is 15.7 Å². The number of nitrogens with one attached hydrogen (secondary N) is 3. The Hall–Kier alpha value is -3.63. The molecule has 5 rings (SSSR count). The van der Waals surface area contributed by atoms with Gasteiger partial charge >= 0.3 is 0 Å². The lowest BCUT2D eigenvalue weighted by atomic mass is 9.88. The number of sulfone groups is 1. The second kappa shape index (κ2) is 9.68. The minimum Gasteiger partial charge on any atom is -0.495 e. The van der Waals surface area contributed by atoms with Crippen molar-refractivity contribution in [3.05, 3.63) is 64.6 Å². The summed E-state index contributed by atoms with van der Waals surface area (Å²) >= 11 is 6.39. The molecule has 192 valence electrons. The summed E-state index contributed by atoms with van der Waals surface area (Å²) in [6.45, 7) is 5.30. The van der Waals surface area contributed by atoms with Crippen LogP contribution in [0.25, 0.3) is 11.1 Å². The normalized spacial score (nSPS) is 12.7. The molecule has 9 nitrogen and oxygen atoms in total. The van der Waals surface area contributed by atoms with Crippen LogP contribution in [0.2, 0.25) is 5.02 Å². The van der Waals surface area contributed by atoms with Crippen LogP contribution in [0, 0.1) is 6.92 Å². The molecule has 0 unspecified atom stereocenters. The summed E-state index contributed by atoms with van der Waals surface area (Å²) in [7, 11) is -1.91. The van der Waals surface area contributed by atoms with Crippen molar-refractivity contribution in [1.82, 2.24) is 20.2 Å². The summed E-state index contributed by atoms with van der Waals surface area (Å²) in [5, 5.41) is 13.5. The van der Waals surface area contributed by atoms with E-state index in [4.69, 9.17) is 16.3 Å². The van der Waals surface area contributed by atoms with Gasteiger partial charge in [-0.05, 0) is 69.0 Å². The highest BCUT2D eigenvalue weighted by Gasteiger charge is 2.25. The zero-order valence-corrected chi connectivity index (χ0v) is 22.5. The molecule has 0 atom stereocenters. The van der Waals surface area contributed by atoms with E-state index in [9.17, 15) is 8.42 Å². The molecule has 0 aliphatic heterocycles. The molecule has 0 fully saturated rings. The maximum absolute atomic E-state index is 12.9. The molecule has 2 heterocycles. The van der Waals surface area contributed by atoms with Crippen LogP contribution in [-0.4, -0.2) is 40.9 Å². The molecule has 1 aliphatic rings. The first-order valence-corrected chi connectivity index (χ1v) is 13.8. The SMILES string of the molecule is COc1cc2c(cc1Nc1ncc(Cl)c(Nc3ccccc3S(=O)(=O)C(C)C)n1)CCc1n[nH]c(C)c1-2. The first-order valence-electron chi connectivity index (χ1n) is 11.8. The third-order valence-electron chi connectivity index (χ3n) is 6.41. The number of halogens is 1. The summed E-state index contributed by atoms with van der Waals surface area (Å²) in [5.74, 6) is 1.19. The average Bonchev–Trinajstić information content (AvgIpc) is 3.26. The highest BCUT2D eigenvalue weighted by Crippen LogP contribution is 2.41. The largest absolute Gasteiger partial charge is 0.495 e. The number of aromatic nitrogens is 4. The number of para-hydroxylation sites is 1. The van der Waals surface area contributed by atoms with Crippen molar-refractivity contribution in [1.29, 1.82) is 0 Å². The van der Waals surface area contributed by atoms with Gasteiger partial charge in [-0.25, -0.2) is 13.4 Å². The molecule has 11 heteroatoms. The predicted molar refractivity (Wildman–Crippen MR) is 145 cm³/mol. The standard InChI is InChI=1S/C26H27ClN6O3S/c1-14(2)37(34,35)23-8-6-5-7-19(23)29-25-18(27)13-28-26(31-25)30-21-11-16-9-10-20-24(15(3)32-33-20)17(16)12-22(21)36-4/h5-8,11-14H,9-10H2,1-4H3,(H,32,33)(H2,28,29,30,31). The molecular formula is C26H27ClN6O3S. The quantitative estimate of drug-likeness (QED) is 0.278. The van der Waals surface area contributed by atoms with E-state index >= 15 is 0 Å². The Morgan fingerprint density at radius 3 is 2.65 bits per heavy atom. The number of ether oxygens (including phenoxy) is 1. The number of aryl methyl sites for hydroxylation is 3. The summed E-state index contributed by atoms with van der Waals surface area (Å²) in [6.07, 6.45) is 3.16. The lowest BCUT2D eigenvalue weighted by Crippen LogP contribution is -2.15. The van der Waals surface area contributed by atoms with E-state index in [1.807, 2.05) is 19.1 Å². The molecule has 1 aliphatic carbocycles. The number of aromatic amines is 1. The van der Waals surface area contributed by atoms with Crippen molar-refractivity contribution in [2.45, 2.75) is 43.8 Å². The van der Waals surface area contributed by atoms with E-state index < -0.39 is 15.1 Å². The first kappa shape index (κ1) is 25.0. The van der Waals surface area contributed by atoms with Crippen molar-refractivity contribution in [2.24, 2.45) is 0 Å². The van der Waals surface area contributed by atoms with Gasteiger partial charge in [0.05, 0.1) is 40.5 Å². The molecule has 0 amide bonds. The zero-order valence-electron chi connectivity index (χ0n) is 20.9. The van der Waals surface area contributed by atoms with Crippen molar-refractivity contribution < 1.29 is 13.2 Å². The molecule has 3 N–H and O–H groups in total. The lowest BCUT2D eigenvalue weighted by molar-refractivity contribution is 0.417. The molecule has 0 spiro atoms. The van der Waals surface area contributed by atoms with Crippen molar-refractivity contribution in [3.63, 3.8) is 0 Å². The molecule has 37 heavy (non-hydrogen) atoms. The van der Waals surface area contributed by atoms with Crippen LogP contribution < -0.4 is 15.4 Å². The number of H-pyrrole nitrogens is 1. The van der Waals surface area contributed by atoms with Crippen molar-refractivity contribution in [3.8, 4) is 16.9 Å². The highest BCUT2D eigenvalue weighted by atomic mass is 35.5. The molecule has 2 aromatic heterocycles. The van der Waals surface area contributed by atoms with Crippen LogP contribution in [0.3, 0.4) is 0 Å². The number of rotatable bonds is 7. The summed E-state index contributed by atoms with van der Waals surface area (Å²) in [6, 6.07) is 10.7. The fourth-order valence-corrected chi connectivity index (χ4v) is 5.78. The van der Waals surface area contributed by atoms with Gasteiger partial charge in [-0.3, -0.25) is 5.10 Å². The van der Waals surface area contributed by atoms with E-state index in [0.29, 0.717) is 17.1 Å². The topological polar surface area (TPSA) is 122 Å². The Bertz CT molecular complexity index is 1600. The fourth-order valence-electron chi connectivity index (χ4n) is 4.44. The monoisotopic (exact) mass is 538 g/mol. The van der Waals surface area contributed by atoms with Crippen molar-refractivity contribution in [2.75, 3.05) is 17.7 Å². The number of benzene rings is 2. The smallest absolute Gasteiger partial charge is 0.229 e. The highest BCUT2D eigenvalue weighted by molar-refractivity contribution is 7.92. The van der Waals surface area contributed by atoms with Gasteiger partial charge in [0.2, 0.25) is 5.95 Å². The third-order valence-corrected chi connectivity index (χ3v) is 8.89. The Labute approximate surface area is 220 Å². The molecule has 4 aromatic rings. The van der Waals surface area contributed by atoms with Gasteiger partial charge in [-0.15, -0.1) is 0 Å². The molecule has 0 saturated carbocycles. The summed E-state index contributed by atoms with van der Waals surface area (Å²) in [5.41, 5.74) is 6.56. The third kappa shape index (κ3) is 4.62. The van der Waals surface area contributed by atoms with Crippen LogP contribution in [0.15, 0.2) is 47.5 Å². The zero-order chi connectivity index (χ0) is 26.3. The fraction of sp³-hybridized carbons (Fsp3) is 0.269. The van der Waals surface area contributed by atoms with E-state index in [2.05, 4.69) is 30.8 Å². The molecule has 2 aromatic carbocycles. The van der Waals surface area contributed by atoms with E-state index in [-0.39, 0.29) is 21.7 Å². The van der Waals surface area contributed by atoms with Crippen molar-refractivity contribution >= 4 is 44.6 Å². The van der Waals surface area contributed by atoms with Gasteiger partial charge in [-0.1, -0.05) is 23.7 Å². The number of anilines is 4. The summed E-state index contributed by atoms with van der Waals surface area (Å²) in [4.78, 5) is 9.03. The maximum atomic E-state index is 12.9. The van der Waals surface area contributed by atoms with Crippen LogP contribution in [0.1, 0.15) is 30.8 Å². The number of hydrogen-bond donors (Lipinski definition) is 3. The second-order valence-corrected chi connectivity index (χ2v) is 12.0. The number of hydrogen-bond acceptors (Lipinski definition) is 8. The Morgan fingerprint density at radius 2 is 1.89 bits per heavy atom. The lowest BCUT2D eigenvalue weighted by Gasteiger charge is -2.20. The van der Waals surface area contributed by atoms with Gasteiger partial charge in [0.1, 0.15) is 10.8 Å². The van der Waals surface area contributed by atoms with Crippen LogP contribution >= 0.6 is 11.6 Å². The maximum Gasteiger partial charge on any atom is 0.229 e. The Kier molecular flexibility index (Phi) is 6.55. The van der Waals surface area contributed by atoms with E-state index in [1.54, 1.807) is 45.2 Å². The number of methoxy groups -OCH3 is 1. The second-order valence-electron chi connectivity index (χ2n) is 9.11. The van der Waals surface area contributed by atoms with Crippen LogP contribution in [0.4, 0.5) is 23.1 Å². The first-order chi connectivity index (χ1) is 17.7. The molecular weight excluding hydrogens is 512 g/mol. The predicted octanol–water partition coefficient (Wildman–Crippen LogP) is 5.61.